The Balaban J connectivity index is 1.74. The van der Waals surface area contributed by atoms with Crippen LogP contribution in [0.3, 0.4) is 0 Å². The minimum atomic E-state index is -0.0904. The van der Waals surface area contributed by atoms with Crippen LogP contribution in [0.4, 0.5) is 0 Å². The summed E-state index contributed by atoms with van der Waals surface area (Å²) < 4.78 is 17.5. The number of hydrogen-bond donors (Lipinski definition) is 0. The summed E-state index contributed by atoms with van der Waals surface area (Å²) in [4.78, 5) is 12.4. The summed E-state index contributed by atoms with van der Waals surface area (Å²) in [7, 11) is 3.20. The molecule has 0 spiro atoms. The van der Waals surface area contributed by atoms with Crippen LogP contribution in [0, 0.1) is 0 Å². The number of carbonyl (C=O) groups is 1. The predicted octanol–water partition coefficient (Wildman–Crippen LogP) is 5.94. The number of rotatable bonds is 8. The minimum absolute atomic E-state index is 0.0904. The highest BCUT2D eigenvalue weighted by Crippen LogP contribution is 2.24. The molecule has 0 amide bonds. The number of carbonyl (C=O) groups excluding carboxylic acids is 1. The van der Waals surface area contributed by atoms with E-state index in [9.17, 15) is 4.79 Å². The highest BCUT2D eigenvalue weighted by Gasteiger charge is 2.07. The molecule has 4 nitrogen and oxygen atoms in total. The molecule has 148 valence electrons. The van der Waals surface area contributed by atoms with Crippen molar-refractivity contribution in [3.63, 3.8) is 0 Å². The zero-order valence-corrected chi connectivity index (χ0v) is 17.8. The smallest absolute Gasteiger partial charge is 0.185 e. The van der Waals surface area contributed by atoms with Gasteiger partial charge in [0.05, 0.1) is 14.2 Å². The van der Waals surface area contributed by atoms with Gasteiger partial charge in [0.2, 0.25) is 0 Å². The number of hydrogen-bond acceptors (Lipinski definition) is 4. The molecule has 3 aromatic rings. The first-order valence-corrected chi connectivity index (χ1v) is 9.80. The Morgan fingerprint density at radius 1 is 0.931 bits per heavy atom. The van der Waals surface area contributed by atoms with Crippen LogP contribution < -0.4 is 14.2 Å². The molecule has 0 aliphatic carbocycles. The first-order chi connectivity index (χ1) is 14.1. The number of allylic oxidation sites excluding steroid dienone is 1. The lowest BCUT2D eigenvalue weighted by molar-refractivity contribution is 0.104. The third kappa shape index (κ3) is 5.72. The average Bonchev–Trinajstić information content (AvgIpc) is 2.77. The zero-order valence-electron chi connectivity index (χ0n) is 16.2. The first kappa shape index (κ1) is 20.7. The monoisotopic (exact) mass is 452 g/mol. The van der Waals surface area contributed by atoms with Crippen molar-refractivity contribution < 1.29 is 19.0 Å². The number of halogens is 1. The van der Waals surface area contributed by atoms with Gasteiger partial charge in [0.1, 0.15) is 23.9 Å². The van der Waals surface area contributed by atoms with Crippen LogP contribution in [0.15, 0.2) is 77.3 Å². The molecule has 0 N–H and O–H groups in total. The van der Waals surface area contributed by atoms with Gasteiger partial charge in [-0.2, -0.15) is 0 Å². The van der Waals surface area contributed by atoms with E-state index in [-0.39, 0.29) is 5.78 Å². The van der Waals surface area contributed by atoms with Crippen molar-refractivity contribution in [3.05, 3.63) is 94.0 Å². The SMILES string of the molecule is COc1cccc(C(=O)/C=C/c2ccc(OC)c(COc3ccc(Br)cc3)c2)c1. The molecule has 0 aliphatic heterocycles. The maximum atomic E-state index is 12.4. The molecular weight excluding hydrogens is 432 g/mol. The van der Waals surface area contributed by atoms with Crippen LogP contribution in [0.5, 0.6) is 17.2 Å². The molecule has 0 radical (unpaired) electrons. The summed E-state index contributed by atoms with van der Waals surface area (Å²) in [6, 6.07) is 20.5. The normalized spacial score (nSPS) is 10.7. The van der Waals surface area contributed by atoms with E-state index in [0.29, 0.717) is 17.9 Å². The van der Waals surface area contributed by atoms with Gasteiger partial charge in [0.15, 0.2) is 5.78 Å². The summed E-state index contributed by atoms with van der Waals surface area (Å²) in [6.07, 6.45) is 3.33. The molecule has 0 heterocycles. The van der Waals surface area contributed by atoms with Crippen LogP contribution in [0.2, 0.25) is 0 Å². The van der Waals surface area contributed by atoms with Gasteiger partial charge in [-0.05, 0) is 60.2 Å². The van der Waals surface area contributed by atoms with Crippen molar-refractivity contribution in [2.24, 2.45) is 0 Å². The van der Waals surface area contributed by atoms with Crippen molar-refractivity contribution >= 4 is 27.8 Å². The van der Waals surface area contributed by atoms with E-state index >= 15 is 0 Å². The molecule has 0 aliphatic rings. The molecule has 3 rings (SSSR count). The lowest BCUT2D eigenvalue weighted by Crippen LogP contribution is -1.99. The maximum Gasteiger partial charge on any atom is 0.185 e. The van der Waals surface area contributed by atoms with Crippen LogP contribution in [-0.4, -0.2) is 20.0 Å². The fourth-order valence-corrected chi connectivity index (χ4v) is 3.02. The summed E-state index contributed by atoms with van der Waals surface area (Å²) in [6.45, 7) is 0.357. The first-order valence-electron chi connectivity index (χ1n) is 9.01. The molecule has 5 heteroatoms. The second-order valence-electron chi connectivity index (χ2n) is 6.24. The average molecular weight is 453 g/mol. The Morgan fingerprint density at radius 2 is 1.72 bits per heavy atom. The molecule has 0 unspecified atom stereocenters. The van der Waals surface area contributed by atoms with E-state index in [4.69, 9.17) is 14.2 Å². The second-order valence-corrected chi connectivity index (χ2v) is 7.16. The highest BCUT2D eigenvalue weighted by atomic mass is 79.9. The van der Waals surface area contributed by atoms with Crippen molar-refractivity contribution in [3.8, 4) is 17.2 Å². The van der Waals surface area contributed by atoms with Gasteiger partial charge in [-0.15, -0.1) is 0 Å². The van der Waals surface area contributed by atoms with Gasteiger partial charge in [0, 0.05) is 15.6 Å². The lowest BCUT2D eigenvalue weighted by Gasteiger charge is -2.11. The van der Waals surface area contributed by atoms with Crippen LogP contribution in [0.25, 0.3) is 6.08 Å². The maximum absolute atomic E-state index is 12.4. The van der Waals surface area contributed by atoms with Gasteiger partial charge in [-0.1, -0.05) is 40.2 Å². The fourth-order valence-electron chi connectivity index (χ4n) is 2.75. The standard InChI is InChI=1S/C24H21BrO4/c1-27-22-5-3-4-18(15-22)23(26)12-6-17-7-13-24(28-2)19(14-17)16-29-21-10-8-20(25)9-11-21/h3-15H,16H2,1-2H3/b12-6+. The largest absolute Gasteiger partial charge is 0.497 e. The summed E-state index contributed by atoms with van der Waals surface area (Å²) in [5.41, 5.74) is 2.36. The van der Waals surface area contributed by atoms with Gasteiger partial charge < -0.3 is 14.2 Å². The topological polar surface area (TPSA) is 44.8 Å². The third-order valence-electron chi connectivity index (χ3n) is 4.29. The zero-order chi connectivity index (χ0) is 20.6. The number of ketones is 1. The van der Waals surface area contributed by atoms with E-state index < -0.39 is 0 Å². The Hall–Kier alpha value is -3.05. The molecule has 0 fully saturated rings. The molecule has 0 saturated heterocycles. The lowest BCUT2D eigenvalue weighted by atomic mass is 10.1. The van der Waals surface area contributed by atoms with Crippen molar-refractivity contribution in [2.45, 2.75) is 6.61 Å². The van der Waals surface area contributed by atoms with Crippen LogP contribution >= 0.6 is 15.9 Å². The number of ether oxygens (including phenoxy) is 3. The molecule has 0 aromatic heterocycles. The quantitative estimate of drug-likeness (QED) is 0.313. The van der Waals surface area contributed by atoms with Gasteiger partial charge in [-0.3, -0.25) is 4.79 Å². The Kier molecular flexibility index (Phi) is 7.09. The second kappa shape index (κ2) is 9.94. The van der Waals surface area contributed by atoms with Crippen LogP contribution in [0.1, 0.15) is 21.5 Å². The Morgan fingerprint density at radius 3 is 2.45 bits per heavy atom. The van der Waals surface area contributed by atoms with E-state index in [2.05, 4.69) is 15.9 Å². The molecule has 0 bridgehead atoms. The number of methoxy groups -OCH3 is 2. The van der Waals surface area contributed by atoms with Gasteiger partial charge >= 0.3 is 0 Å². The van der Waals surface area contributed by atoms with Gasteiger partial charge in [-0.25, -0.2) is 0 Å². The summed E-state index contributed by atoms with van der Waals surface area (Å²) in [5, 5.41) is 0. The molecule has 3 aromatic carbocycles. The Labute approximate surface area is 178 Å². The molecule has 29 heavy (non-hydrogen) atoms. The summed E-state index contributed by atoms with van der Waals surface area (Å²) in [5.74, 6) is 2.07. The van der Waals surface area contributed by atoms with Gasteiger partial charge in [0.25, 0.3) is 0 Å². The third-order valence-corrected chi connectivity index (χ3v) is 4.82. The predicted molar refractivity (Wildman–Crippen MR) is 118 cm³/mol. The fraction of sp³-hybridized carbons (Fsp3) is 0.125. The van der Waals surface area contributed by atoms with E-state index in [1.807, 2.05) is 48.5 Å². The Bertz CT molecular complexity index is 1010. The molecular formula is C24H21BrO4. The molecule has 0 saturated carbocycles. The van der Waals surface area contributed by atoms with E-state index in [1.165, 1.54) is 0 Å². The van der Waals surface area contributed by atoms with Crippen molar-refractivity contribution in [1.82, 2.24) is 0 Å². The van der Waals surface area contributed by atoms with E-state index in [1.54, 1.807) is 44.6 Å². The van der Waals surface area contributed by atoms with Crippen molar-refractivity contribution in [2.75, 3.05) is 14.2 Å². The van der Waals surface area contributed by atoms with Crippen molar-refractivity contribution in [1.29, 1.82) is 0 Å². The highest BCUT2D eigenvalue weighted by molar-refractivity contribution is 9.10. The summed E-state index contributed by atoms with van der Waals surface area (Å²) >= 11 is 3.41. The van der Waals surface area contributed by atoms with Crippen LogP contribution in [-0.2, 0) is 6.61 Å². The molecule has 0 atom stereocenters. The minimum Gasteiger partial charge on any atom is -0.497 e. The van der Waals surface area contributed by atoms with E-state index in [0.717, 1.165) is 27.1 Å². The number of benzene rings is 3.